The average molecular weight is 209 g/mol. The number of nitrogens with one attached hydrogen (secondary N) is 1. The Morgan fingerprint density at radius 1 is 1.57 bits per heavy atom. The van der Waals surface area contributed by atoms with Crippen molar-refractivity contribution in [3.05, 3.63) is 21.9 Å². The SMILES string of the molecule is CC(C)CC1(C)NCCc2ccsc21. The van der Waals surface area contributed by atoms with Crippen LogP contribution in [0.15, 0.2) is 11.4 Å². The Balaban J connectivity index is 2.30. The summed E-state index contributed by atoms with van der Waals surface area (Å²) in [7, 11) is 0. The zero-order valence-electron chi connectivity index (χ0n) is 9.26. The second kappa shape index (κ2) is 3.67. The topological polar surface area (TPSA) is 12.0 Å². The molecular weight excluding hydrogens is 190 g/mol. The fourth-order valence-corrected chi connectivity index (χ4v) is 3.66. The van der Waals surface area contributed by atoms with Crippen molar-refractivity contribution in [3.8, 4) is 0 Å². The summed E-state index contributed by atoms with van der Waals surface area (Å²) < 4.78 is 0. The Bertz CT molecular complexity index is 316. The standard InChI is InChI=1S/C12H19NS/c1-9(2)8-12(3)11-10(4-6-13-12)5-7-14-11/h5,7,9,13H,4,6,8H2,1-3H3. The lowest BCUT2D eigenvalue weighted by atomic mass is 9.84. The molecule has 1 atom stereocenters. The third-order valence-electron chi connectivity index (χ3n) is 2.97. The molecule has 0 aliphatic carbocycles. The second-order valence-corrected chi connectivity index (χ2v) is 5.80. The summed E-state index contributed by atoms with van der Waals surface area (Å²) in [5.74, 6) is 0.751. The molecule has 0 aromatic carbocycles. The predicted molar refractivity (Wildman–Crippen MR) is 62.8 cm³/mol. The van der Waals surface area contributed by atoms with E-state index in [0.29, 0.717) is 0 Å². The molecule has 1 nitrogen and oxygen atoms in total. The van der Waals surface area contributed by atoms with Crippen LogP contribution in [0.4, 0.5) is 0 Å². The summed E-state index contributed by atoms with van der Waals surface area (Å²) in [5, 5.41) is 5.91. The van der Waals surface area contributed by atoms with E-state index in [1.807, 2.05) is 11.3 Å². The van der Waals surface area contributed by atoms with Crippen molar-refractivity contribution < 1.29 is 0 Å². The first kappa shape index (κ1) is 10.2. The lowest BCUT2D eigenvalue weighted by Gasteiger charge is -2.36. The molecule has 0 bridgehead atoms. The van der Waals surface area contributed by atoms with Gasteiger partial charge in [-0.3, -0.25) is 0 Å². The maximum absolute atomic E-state index is 3.68. The van der Waals surface area contributed by atoms with E-state index in [1.165, 1.54) is 12.8 Å². The zero-order chi connectivity index (χ0) is 10.2. The smallest absolute Gasteiger partial charge is 0.0505 e. The molecule has 1 unspecified atom stereocenters. The lowest BCUT2D eigenvalue weighted by molar-refractivity contribution is 0.291. The number of thiophene rings is 1. The van der Waals surface area contributed by atoms with Crippen molar-refractivity contribution in [2.24, 2.45) is 5.92 Å². The highest BCUT2D eigenvalue weighted by molar-refractivity contribution is 7.10. The Morgan fingerprint density at radius 2 is 2.36 bits per heavy atom. The quantitative estimate of drug-likeness (QED) is 0.789. The minimum atomic E-state index is 0.232. The summed E-state index contributed by atoms with van der Waals surface area (Å²) in [6.45, 7) is 8.08. The van der Waals surface area contributed by atoms with E-state index >= 15 is 0 Å². The summed E-state index contributed by atoms with van der Waals surface area (Å²) in [6, 6.07) is 2.29. The summed E-state index contributed by atoms with van der Waals surface area (Å²) in [5.41, 5.74) is 1.80. The molecule has 0 saturated heterocycles. The summed E-state index contributed by atoms with van der Waals surface area (Å²) in [4.78, 5) is 1.57. The van der Waals surface area contributed by atoms with Crippen molar-refractivity contribution in [2.45, 2.75) is 39.2 Å². The van der Waals surface area contributed by atoms with Gasteiger partial charge in [-0.2, -0.15) is 0 Å². The first-order valence-electron chi connectivity index (χ1n) is 5.44. The molecule has 78 valence electrons. The molecule has 2 heteroatoms. The van der Waals surface area contributed by atoms with Gasteiger partial charge in [-0.25, -0.2) is 0 Å². The van der Waals surface area contributed by atoms with Crippen molar-refractivity contribution in [3.63, 3.8) is 0 Å². The molecule has 1 aromatic heterocycles. The largest absolute Gasteiger partial charge is 0.307 e. The van der Waals surface area contributed by atoms with Crippen LogP contribution in [0.1, 0.15) is 37.6 Å². The second-order valence-electron chi connectivity index (χ2n) is 4.88. The van der Waals surface area contributed by atoms with Crippen molar-refractivity contribution in [1.29, 1.82) is 0 Å². The Kier molecular flexibility index (Phi) is 2.67. The molecule has 1 N–H and O–H groups in total. The number of fused-ring (bicyclic) bond motifs is 1. The number of hydrogen-bond donors (Lipinski definition) is 1. The van der Waals surface area contributed by atoms with E-state index in [1.54, 1.807) is 10.4 Å². The lowest BCUT2D eigenvalue weighted by Crippen LogP contribution is -2.44. The van der Waals surface area contributed by atoms with Crippen LogP contribution in [0.2, 0.25) is 0 Å². The Morgan fingerprint density at radius 3 is 3.07 bits per heavy atom. The van der Waals surface area contributed by atoms with Gasteiger partial charge in [0.15, 0.2) is 0 Å². The van der Waals surface area contributed by atoms with Crippen LogP contribution < -0.4 is 5.32 Å². The van der Waals surface area contributed by atoms with Crippen LogP contribution in [0, 0.1) is 5.92 Å². The first-order valence-corrected chi connectivity index (χ1v) is 6.32. The summed E-state index contributed by atoms with van der Waals surface area (Å²) >= 11 is 1.91. The normalized spacial score (nSPS) is 26.6. The minimum absolute atomic E-state index is 0.232. The molecule has 0 saturated carbocycles. The van der Waals surface area contributed by atoms with Gasteiger partial charge in [0, 0.05) is 11.4 Å². The van der Waals surface area contributed by atoms with E-state index in [0.717, 1.165) is 12.5 Å². The fraction of sp³-hybridized carbons (Fsp3) is 0.667. The van der Waals surface area contributed by atoms with Gasteiger partial charge < -0.3 is 5.32 Å². The van der Waals surface area contributed by atoms with Gasteiger partial charge in [0.25, 0.3) is 0 Å². The highest BCUT2D eigenvalue weighted by Gasteiger charge is 2.33. The monoisotopic (exact) mass is 209 g/mol. The van der Waals surface area contributed by atoms with Crippen LogP contribution in [0.25, 0.3) is 0 Å². The number of rotatable bonds is 2. The first-order chi connectivity index (χ1) is 6.62. The van der Waals surface area contributed by atoms with E-state index < -0.39 is 0 Å². The third kappa shape index (κ3) is 1.73. The average Bonchev–Trinajstić information content (AvgIpc) is 2.51. The molecule has 14 heavy (non-hydrogen) atoms. The van der Waals surface area contributed by atoms with Gasteiger partial charge in [0.05, 0.1) is 5.54 Å². The maximum Gasteiger partial charge on any atom is 0.0505 e. The molecule has 1 aliphatic heterocycles. The van der Waals surface area contributed by atoms with Crippen molar-refractivity contribution >= 4 is 11.3 Å². The van der Waals surface area contributed by atoms with Crippen LogP contribution in [-0.2, 0) is 12.0 Å². The van der Waals surface area contributed by atoms with Gasteiger partial charge in [-0.15, -0.1) is 11.3 Å². The predicted octanol–water partition coefficient (Wildman–Crippen LogP) is 3.16. The van der Waals surface area contributed by atoms with Gasteiger partial charge >= 0.3 is 0 Å². The van der Waals surface area contributed by atoms with Crippen LogP contribution in [0.3, 0.4) is 0 Å². The number of hydrogen-bond acceptors (Lipinski definition) is 2. The molecule has 2 heterocycles. The molecule has 0 spiro atoms. The van der Waals surface area contributed by atoms with Gasteiger partial charge in [-0.1, -0.05) is 13.8 Å². The maximum atomic E-state index is 3.68. The zero-order valence-corrected chi connectivity index (χ0v) is 10.1. The van der Waals surface area contributed by atoms with E-state index in [-0.39, 0.29) is 5.54 Å². The van der Waals surface area contributed by atoms with E-state index in [9.17, 15) is 0 Å². The van der Waals surface area contributed by atoms with Crippen LogP contribution in [0.5, 0.6) is 0 Å². The molecule has 1 aliphatic rings. The third-order valence-corrected chi connectivity index (χ3v) is 4.19. The highest BCUT2D eigenvalue weighted by atomic mass is 32.1. The Labute approximate surface area is 90.5 Å². The Hall–Kier alpha value is -0.340. The molecule has 0 fully saturated rings. The summed E-state index contributed by atoms with van der Waals surface area (Å²) in [6.07, 6.45) is 2.44. The molecule has 0 radical (unpaired) electrons. The van der Waals surface area contributed by atoms with E-state index in [4.69, 9.17) is 0 Å². The fourth-order valence-electron chi connectivity index (χ4n) is 2.55. The van der Waals surface area contributed by atoms with Crippen LogP contribution in [-0.4, -0.2) is 6.54 Å². The van der Waals surface area contributed by atoms with Gasteiger partial charge in [0.1, 0.15) is 0 Å². The highest BCUT2D eigenvalue weighted by Crippen LogP contribution is 2.37. The van der Waals surface area contributed by atoms with E-state index in [2.05, 4.69) is 37.5 Å². The van der Waals surface area contributed by atoms with Gasteiger partial charge in [0.2, 0.25) is 0 Å². The van der Waals surface area contributed by atoms with Gasteiger partial charge in [-0.05, 0) is 42.7 Å². The molecule has 2 rings (SSSR count). The molecule has 1 aromatic rings. The molecule has 0 amide bonds. The molecular formula is C12H19NS. The van der Waals surface area contributed by atoms with Crippen LogP contribution >= 0.6 is 11.3 Å². The minimum Gasteiger partial charge on any atom is -0.307 e. The van der Waals surface area contributed by atoms with Crippen molar-refractivity contribution in [2.75, 3.05) is 6.54 Å². The van der Waals surface area contributed by atoms with Crippen molar-refractivity contribution in [1.82, 2.24) is 5.32 Å².